The summed E-state index contributed by atoms with van der Waals surface area (Å²) in [6, 6.07) is 4.41. The van der Waals surface area contributed by atoms with Crippen molar-refractivity contribution in [2.24, 2.45) is 11.8 Å². The van der Waals surface area contributed by atoms with Gasteiger partial charge in [0.25, 0.3) is 0 Å². The second-order valence-corrected chi connectivity index (χ2v) is 10.7. The number of benzene rings is 1. The molecule has 2 aliphatic rings. The second-order valence-electron chi connectivity index (χ2n) is 10.3. The number of alkyl carbamates (subject to hydrolysis) is 1. The molecule has 38 heavy (non-hydrogen) atoms. The molecule has 2 saturated heterocycles. The van der Waals surface area contributed by atoms with Crippen molar-refractivity contribution in [3.8, 4) is 0 Å². The highest BCUT2D eigenvalue weighted by Crippen LogP contribution is 2.41. The van der Waals surface area contributed by atoms with E-state index < -0.39 is 23.4 Å². The number of halogens is 2. The molecule has 214 valence electrons. The Balaban J connectivity index is 1.72. The van der Waals surface area contributed by atoms with E-state index in [4.69, 9.17) is 16.3 Å². The number of carbonyl (C=O) groups is 2. The number of aliphatic hydroxyl groups is 1. The van der Waals surface area contributed by atoms with E-state index in [9.17, 15) is 14.7 Å². The number of nitrogens with one attached hydrogen (secondary N) is 3. The first-order chi connectivity index (χ1) is 18.3. The molecule has 2 heterocycles. The summed E-state index contributed by atoms with van der Waals surface area (Å²) in [6.45, 7) is 3.27. The molecule has 0 aliphatic carbocycles. The van der Waals surface area contributed by atoms with Crippen LogP contribution in [0.15, 0.2) is 18.2 Å². The monoisotopic (exact) mass is 556 g/mol. The summed E-state index contributed by atoms with van der Waals surface area (Å²) in [6.07, 6.45) is 4.16. The number of piperidine rings is 1. The zero-order chi connectivity index (χ0) is 27.5. The van der Waals surface area contributed by atoms with Gasteiger partial charge in [0.05, 0.1) is 17.7 Å². The van der Waals surface area contributed by atoms with Gasteiger partial charge in [0, 0.05) is 56.9 Å². The number of likely N-dealkylation sites (tertiary alicyclic amines) is 1. The highest BCUT2D eigenvalue weighted by molar-refractivity contribution is 6.30. The van der Waals surface area contributed by atoms with Crippen LogP contribution >= 0.6 is 11.6 Å². The van der Waals surface area contributed by atoms with E-state index in [2.05, 4.69) is 20.7 Å². The van der Waals surface area contributed by atoms with E-state index >= 15 is 4.39 Å². The number of amides is 3. The zero-order valence-electron chi connectivity index (χ0n) is 22.4. The van der Waals surface area contributed by atoms with Crippen molar-refractivity contribution in [1.82, 2.24) is 20.9 Å². The molecule has 1 aromatic rings. The van der Waals surface area contributed by atoms with Gasteiger partial charge in [-0.05, 0) is 64.0 Å². The van der Waals surface area contributed by atoms with Crippen LogP contribution < -0.4 is 16.0 Å². The third kappa shape index (κ3) is 8.18. The van der Waals surface area contributed by atoms with Crippen LogP contribution in [0.2, 0.25) is 5.02 Å². The van der Waals surface area contributed by atoms with Crippen LogP contribution in [0.4, 0.5) is 14.0 Å². The Labute approximate surface area is 229 Å². The summed E-state index contributed by atoms with van der Waals surface area (Å²) in [5, 5.41) is 20.9. The minimum absolute atomic E-state index is 0.0235. The number of methoxy groups -OCH3 is 1. The Morgan fingerprint density at radius 2 is 2.08 bits per heavy atom. The smallest absolute Gasteiger partial charge is 0.406 e. The average molecular weight is 557 g/mol. The maximum Gasteiger partial charge on any atom is 0.406 e. The van der Waals surface area contributed by atoms with Crippen LogP contribution in [0.5, 0.6) is 0 Å². The first-order valence-corrected chi connectivity index (χ1v) is 13.9. The van der Waals surface area contributed by atoms with Crippen molar-refractivity contribution in [2.75, 3.05) is 53.6 Å². The van der Waals surface area contributed by atoms with Gasteiger partial charge in [0.1, 0.15) is 5.82 Å². The topological polar surface area (TPSA) is 112 Å². The molecular weight excluding hydrogens is 515 g/mol. The Kier molecular flexibility index (Phi) is 11.9. The molecule has 2 aliphatic heterocycles. The van der Waals surface area contributed by atoms with Crippen LogP contribution in [-0.4, -0.2) is 81.7 Å². The van der Waals surface area contributed by atoms with Crippen LogP contribution in [-0.2, 0) is 15.1 Å². The molecule has 0 saturated carbocycles. The number of urea groups is 1. The Morgan fingerprint density at radius 3 is 2.79 bits per heavy atom. The van der Waals surface area contributed by atoms with Gasteiger partial charge in [-0.2, -0.15) is 0 Å². The van der Waals surface area contributed by atoms with E-state index in [1.807, 2.05) is 7.05 Å². The highest BCUT2D eigenvalue weighted by atomic mass is 35.5. The summed E-state index contributed by atoms with van der Waals surface area (Å²) in [5.74, 6) is -0.568. The molecule has 11 heteroatoms. The van der Waals surface area contributed by atoms with Gasteiger partial charge in [-0.1, -0.05) is 23.7 Å². The lowest BCUT2D eigenvalue weighted by atomic mass is 9.74. The minimum atomic E-state index is -1.57. The molecule has 0 unspecified atom stereocenters. The quantitative estimate of drug-likeness (QED) is 0.310. The van der Waals surface area contributed by atoms with Crippen molar-refractivity contribution in [3.05, 3.63) is 34.6 Å². The summed E-state index contributed by atoms with van der Waals surface area (Å²) >= 11 is 6.08. The lowest BCUT2D eigenvalue weighted by Gasteiger charge is -2.43. The first kappa shape index (κ1) is 30.4. The molecule has 0 bridgehead atoms. The molecule has 0 radical (unpaired) electrons. The fraction of sp³-hybridized carbons (Fsp3) is 0.704. The van der Waals surface area contributed by atoms with Crippen LogP contribution in [0.3, 0.4) is 0 Å². The van der Waals surface area contributed by atoms with E-state index in [0.29, 0.717) is 38.3 Å². The maximum absolute atomic E-state index is 15.2. The Bertz CT molecular complexity index is 919. The third-order valence-electron chi connectivity index (χ3n) is 7.73. The highest BCUT2D eigenvalue weighted by Gasteiger charge is 2.43. The molecule has 9 nitrogen and oxygen atoms in total. The van der Waals surface area contributed by atoms with Gasteiger partial charge in [0.15, 0.2) is 0 Å². The van der Waals surface area contributed by atoms with Crippen molar-refractivity contribution in [3.63, 3.8) is 0 Å². The number of carbonyl (C=O) groups excluding carboxylic acids is 2. The predicted molar refractivity (Wildman–Crippen MR) is 144 cm³/mol. The number of hydrogen-bond donors (Lipinski definition) is 4. The zero-order valence-corrected chi connectivity index (χ0v) is 23.2. The normalized spacial score (nSPS) is 20.9. The van der Waals surface area contributed by atoms with Gasteiger partial charge in [-0.15, -0.1) is 0 Å². The molecule has 3 amide bonds. The van der Waals surface area contributed by atoms with E-state index in [1.165, 1.54) is 13.2 Å². The van der Waals surface area contributed by atoms with Crippen LogP contribution in [0.25, 0.3) is 0 Å². The summed E-state index contributed by atoms with van der Waals surface area (Å²) in [7, 11) is 3.15. The fourth-order valence-corrected chi connectivity index (χ4v) is 5.83. The Morgan fingerprint density at radius 1 is 1.32 bits per heavy atom. The standard InChI is InChI=1S/C27H42ClFN4O5/c1-30-17-21(16-19-9-14-38-15-10-19)32-25(34)33-13-4-6-20(18-33)27(36,11-5-12-31-26(35)37-2)22-7-3-8-23(28)24(22)29/h3,7-8,19-21,30,36H,4-6,9-18H2,1-2H3,(H,31,35)(H,32,34)/t20-,21+,27+/m1/s1. The van der Waals surface area contributed by atoms with Crippen molar-refractivity contribution < 1.29 is 28.6 Å². The van der Waals surface area contributed by atoms with Gasteiger partial charge < -0.3 is 35.4 Å². The maximum atomic E-state index is 15.2. The molecular formula is C27H42ClFN4O5. The number of likely N-dealkylation sites (N-methyl/N-ethyl adjacent to an activating group) is 1. The lowest BCUT2D eigenvalue weighted by molar-refractivity contribution is -0.0576. The Hall–Kier alpha value is -2.14. The van der Waals surface area contributed by atoms with E-state index in [1.54, 1.807) is 17.0 Å². The minimum Gasteiger partial charge on any atom is -0.453 e. The summed E-state index contributed by atoms with van der Waals surface area (Å²) in [4.78, 5) is 26.5. The first-order valence-electron chi connectivity index (χ1n) is 13.5. The average Bonchev–Trinajstić information content (AvgIpc) is 2.93. The summed E-state index contributed by atoms with van der Waals surface area (Å²) < 4.78 is 25.3. The molecule has 0 aromatic heterocycles. The van der Waals surface area contributed by atoms with Crippen LogP contribution in [0, 0.1) is 17.7 Å². The van der Waals surface area contributed by atoms with Crippen LogP contribution in [0.1, 0.15) is 50.5 Å². The van der Waals surface area contributed by atoms with Crippen molar-refractivity contribution in [2.45, 2.75) is 56.6 Å². The second kappa shape index (κ2) is 14.9. The largest absolute Gasteiger partial charge is 0.453 e. The van der Waals surface area contributed by atoms with E-state index in [-0.39, 0.29) is 42.2 Å². The van der Waals surface area contributed by atoms with Gasteiger partial charge in [-0.3, -0.25) is 0 Å². The number of rotatable bonds is 11. The third-order valence-corrected chi connectivity index (χ3v) is 8.02. The molecule has 1 aromatic carbocycles. The van der Waals surface area contributed by atoms with Crippen molar-refractivity contribution in [1.29, 1.82) is 0 Å². The molecule has 0 spiro atoms. The molecule has 4 N–H and O–H groups in total. The lowest BCUT2D eigenvalue weighted by Crippen LogP contribution is -2.54. The number of hydrogen-bond acceptors (Lipinski definition) is 6. The van der Waals surface area contributed by atoms with Gasteiger partial charge >= 0.3 is 12.1 Å². The van der Waals surface area contributed by atoms with Gasteiger partial charge in [-0.25, -0.2) is 14.0 Å². The SMILES string of the molecule is CNC[C@H](CC1CCOCC1)NC(=O)N1CCC[C@@H]([C@@](O)(CCCNC(=O)OC)c2cccc(Cl)c2F)C1. The fourth-order valence-electron chi connectivity index (χ4n) is 5.66. The molecule has 3 atom stereocenters. The summed E-state index contributed by atoms with van der Waals surface area (Å²) in [5.41, 5.74) is -1.46. The predicted octanol–water partition coefficient (Wildman–Crippen LogP) is 3.63. The van der Waals surface area contributed by atoms with E-state index in [0.717, 1.165) is 32.5 Å². The molecule has 3 rings (SSSR count). The number of nitrogens with zero attached hydrogens (tertiary/aromatic N) is 1. The van der Waals surface area contributed by atoms with Crippen molar-refractivity contribution >= 4 is 23.7 Å². The van der Waals surface area contributed by atoms with Gasteiger partial charge in [0.2, 0.25) is 0 Å². The number of ether oxygens (including phenoxy) is 2. The molecule has 2 fully saturated rings.